The number of hydrogen-bond acceptors (Lipinski definition) is 2. The standard InChI is InChI=1S/C11H11ClN2O/c1-8-3-4-9(10(12)7-8)11(15)14-6-2-5-13/h3-4,7H,2,6H2,1H3,(H,14,15). The van der Waals surface area contributed by atoms with Crippen molar-refractivity contribution in [1.82, 2.24) is 5.32 Å². The summed E-state index contributed by atoms with van der Waals surface area (Å²) in [6, 6.07) is 7.19. The van der Waals surface area contributed by atoms with E-state index in [4.69, 9.17) is 16.9 Å². The van der Waals surface area contributed by atoms with Crippen molar-refractivity contribution in [3.63, 3.8) is 0 Å². The van der Waals surface area contributed by atoms with Crippen LogP contribution in [-0.4, -0.2) is 12.5 Å². The molecule has 0 spiro atoms. The van der Waals surface area contributed by atoms with Crippen molar-refractivity contribution >= 4 is 17.5 Å². The average Bonchev–Trinajstić information content (AvgIpc) is 2.17. The molecule has 0 fully saturated rings. The maximum absolute atomic E-state index is 11.5. The van der Waals surface area contributed by atoms with E-state index in [-0.39, 0.29) is 5.91 Å². The summed E-state index contributed by atoms with van der Waals surface area (Å²) in [6.45, 7) is 2.25. The van der Waals surface area contributed by atoms with Crippen LogP contribution in [0.25, 0.3) is 0 Å². The summed E-state index contributed by atoms with van der Waals surface area (Å²) in [5.74, 6) is -0.241. The molecule has 1 amide bonds. The minimum absolute atomic E-state index is 0.241. The van der Waals surface area contributed by atoms with E-state index in [9.17, 15) is 4.79 Å². The zero-order valence-electron chi connectivity index (χ0n) is 8.38. The number of nitriles is 1. The summed E-state index contributed by atoms with van der Waals surface area (Å²) in [4.78, 5) is 11.5. The number of hydrogen-bond donors (Lipinski definition) is 1. The molecule has 1 rings (SSSR count). The average molecular weight is 223 g/mol. The van der Waals surface area contributed by atoms with Crippen molar-refractivity contribution < 1.29 is 4.79 Å². The Hall–Kier alpha value is -1.53. The van der Waals surface area contributed by atoms with Gasteiger partial charge < -0.3 is 5.32 Å². The first-order valence-corrected chi connectivity index (χ1v) is 4.94. The molecule has 1 aromatic rings. The van der Waals surface area contributed by atoms with E-state index in [1.54, 1.807) is 12.1 Å². The Labute approximate surface area is 93.7 Å². The van der Waals surface area contributed by atoms with Crippen LogP contribution >= 0.6 is 11.6 Å². The van der Waals surface area contributed by atoms with Gasteiger partial charge in [-0.25, -0.2) is 0 Å². The van der Waals surface area contributed by atoms with E-state index in [1.807, 2.05) is 19.1 Å². The Morgan fingerprint density at radius 3 is 2.93 bits per heavy atom. The molecule has 0 bridgehead atoms. The first-order chi connectivity index (χ1) is 7.15. The second-order valence-electron chi connectivity index (χ2n) is 3.15. The molecule has 1 aromatic carbocycles. The lowest BCUT2D eigenvalue weighted by atomic mass is 10.1. The molecule has 0 saturated heterocycles. The fourth-order valence-electron chi connectivity index (χ4n) is 1.13. The third-order valence-corrected chi connectivity index (χ3v) is 2.20. The van der Waals surface area contributed by atoms with Gasteiger partial charge in [0.05, 0.1) is 23.1 Å². The van der Waals surface area contributed by atoms with Gasteiger partial charge in [-0.05, 0) is 24.6 Å². The number of benzene rings is 1. The fourth-order valence-corrected chi connectivity index (χ4v) is 1.45. The van der Waals surface area contributed by atoms with Crippen molar-refractivity contribution in [2.75, 3.05) is 6.54 Å². The number of nitrogens with zero attached hydrogens (tertiary/aromatic N) is 1. The van der Waals surface area contributed by atoms with Crippen LogP contribution in [0.4, 0.5) is 0 Å². The second kappa shape index (κ2) is 5.38. The van der Waals surface area contributed by atoms with E-state index in [0.29, 0.717) is 23.6 Å². The second-order valence-corrected chi connectivity index (χ2v) is 3.55. The molecule has 0 heterocycles. The number of carbonyl (C=O) groups excluding carboxylic acids is 1. The Bertz CT molecular complexity index is 410. The molecular weight excluding hydrogens is 212 g/mol. The molecular formula is C11H11ClN2O. The van der Waals surface area contributed by atoms with Crippen LogP contribution in [0, 0.1) is 18.3 Å². The Balaban J connectivity index is 2.70. The van der Waals surface area contributed by atoms with Crippen LogP contribution in [0.2, 0.25) is 5.02 Å². The first kappa shape index (κ1) is 11.5. The lowest BCUT2D eigenvalue weighted by Crippen LogP contribution is -2.24. The van der Waals surface area contributed by atoms with Gasteiger partial charge in [0.1, 0.15) is 0 Å². The summed E-state index contributed by atoms with van der Waals surface area (Å²) < 4.78 is 0. The molecule has 0 atom stereocenters. The minimum Gasteiger partial charge on any atom is -0.351 e. The number of rotatable bonds is 3. The predicted octanol–water partition coefficient (Wildman–Crippen LogP) is 2.29. The number of aryl methyl sites for hydroxylation is 1. The van der Waals surface area contributed by atoms with Crippen LogP contribution in [0.3, 0.4) is 0 Å². The molecule has 78 valence electrons. The van der Waals surface area contributed by atoms with Crippen LogP contribution in [0.5, 0.6) is 0 Å². The van der Waals surface area contributed by atoms with Crippen molar-refractivity contribution in [3.8, 4) is 6.07 Å². The SMILES string of the molecule is Cc1ccc(C(=O)NCCC#N)c(Cl)c1. The third kappa shape index (κ3) is 3.26. The molecule has 0 aliphatic heterocycles. The molecule has 0 unspecified atom stereocenters. The van der Waals surface area contributed by atoms with E-state index in [2.05, 4.69) is 5.32 Å². The maximum atomic E-state index is 11.5. The molecule has 4 heteroatoms. The number of carbonyl (C=O) groups is 1. The van der Waals surface area contributed by atoms with Gasteiger partial charge >= 0.3 is 0 Å². The van der Waals surface area contributed by atoms with Crippen molar-refractivity contribution in [3.05, 3.63) is 34.3 Å². The first-order valence-electron chi connectivity index (χ1n) is 4.56. The van der Waals surface area contributed by atoms with E-state index < -0.39 is 0 Å². The lowest BCUT2D eigenvalue weighted by Gasteiger charge is -2.05. The highest BCUT2D eigenvalue weighted by Crippen LogP contribution is 2.17. The van der Waals surface area contributed by atoms with E-state index in [1.165, 1.54) is 0 Å². The smallest absolute Gasteiger partial charge is 0.252 e. The molecule has 1 N–H and O–H groups in total. The highest BCUT2D eigenvalue weighted by Gasteiger charge is 2.08. The molecule has 0 aromatic heterocycles. The van der Waals surface area contributed by atoms with Gasteiger partial charge in [0, 0.05) is 6.54 Å². The quantitative estimate of drug-likeness (QED) is 0.798. The summed E-state index contributed by atoms with van der Waals surface area (Å²) in [5.41, 5.74) is 1.45. The molecule has 0 saturated carbocycles. The normalized spacial score (nSPS) is 9.40. The van der Waals surface area contributed by atoms with Crippen LogP contribution in [0.15, 0.2) is 18.2 Å². The van der Waals surface area contributed by atoms with Crippen LogP contribution < -0.4 is 5.32 Å². The van der Waals surface area contributed by atoms with E-state index >= 15 is 0 Å². The van der Waals surface area contributed by atoms with Gasteiger partial charge in [-0.2, -0.15) is 5.26 Å². The highest BCUT2D eigenvalue weighted by molar-refractivity contribution is 6.33. The zero-order chi connectivity index (χ0) is 11.3. The summed E-state index contributed by atoms with van der Waals surface area (Å²) in [7, 11) is 0. The van der Waals surface area contributed by atoms with Gasteiger partial charge in [0.25, 0.3) is 5.91 Å². The molecule has 15 heavy (non-hydrogen) atoms. The predicted molar refractivity (Wildman–Crippen MR) is 58.8 cm³/mol. The molecule has 0 radical (unpaired) electrons. The Morgan fingerprint density at radius 2 is 2.33 bits per heavy atom. The Kier molecular flexibility index (Phi) is 4.14. The van der Waals surface area contributed by atoms with Crippen LogP contribution in [0.1, 0.15) is 22.3 Å². The van der Waals surface area contributed by atoms with Gasteiger partial charge in [-0.1, -0.05) is 17.7 Å². The molecule has 0 aliphatic rings. The summed E-state index contributed by atoms with van der Waals surface area (Å²) >= 11 is 5.91. The fraction of sp³-hybridized carbons (Fsp3) is 0.273. The summed E-state index contributed by atoms with van der Waals surface area (Å²) in [6.07, 6.45) is 0.301. The minimum atomic E-state index is -0.241. The largest absolute Gasteiger partial charge is 0.351 e. The van der Waals surface area contributed by atoms with Gasteiger partial charge in [-0.15, -0.1) is 0 Å². The van der Waals surface area contributed by atoms with Gasteiger partial charge in [-0.3, -0.25) is 4.79 Å². The van der Waals surface area contributed by atoms with Gasteiger partial charge in [0.2, 0.25) is 0 Å². The van der Waals surface area contributed by atoms with Gasteiger partial charge in [0.15, 0.2) is 0 Å². The lowest BCUT2D eigenvalue weighted by molar-refractivity contribution is 0.0954. The third-order valence-electron chi connectivity index (χ3n) is 1.89. The monoisotopic (exact) mass is 222 g/mol. The number of nitrogens with one attached hydrogen (secondary N) is 1. The van der Waals surface area contributed by atoms with E-state index in [0.717, 1.165) is 5.56 Å². The summed E-state index contributed by atoms with van der Waals surface area (Å²) in [5, 5.41) is 11.4. The molecule has 0 aliphatic carbocycles. The number of halogens is 1. The Morgan fingerprint density at radius 1 is 1.60 bits per heavy atom. The zero-order valence-corrected chi connectivity index (χ0v) is 9.14. The van der Waals surface area contributed by atoms with Crippen molar-refractivity contribution in [2.24, 2.45) is 0 Å². The topological polar surface area (TPSA) is 52.9 Å². The highest BCUT2D eigenvalue weighted by atomic mass is 35.5. The maximum Gasteiger partial charge on any atom is 0.252 e. The van der Waals surface area contributed by atoms with Crippen LogP contribution in [-0.2, 0) is 0 Å². The number of amides is 1. The van der Waals surface area contributed by atoms with Crippen molar-refractivity contribution in [1.29, 1.82) is 5.26 Å². The van der Waals surface area contributed by atoms with Crippen molar-refractivity contribution in [2.45, 2.75) is 13.3 Å². The molecule has 3 nitrogen and oxygen atoms in total.